The van der Waals surface area contributed by atoms with Gasteiger partial charge in [0.2, 0.25) is 11.8 Å². The molecule has 0 N–H and O–H groups in total. The van der Waals surface area contributed by atoms with Gasteiger partial charge in [0.25, 0.3) is 0 Å². The number of carbonyl (C=O) groups excluding carboxylic acids is 2. The zero-order valence-electron chi connectivity index (χ0n) is 15.6. The van der Waals surface area contributed by atoms with Crippen molar-refractivity contribution in [2.24, 2.45) is 5.92 Å². The molecule has 0 saturated carbocycles. The number of hydrogen-bond acceptors (Lipinski definition) is 5. The van der Waals surface area contributed by atoms with E-state index in [0.717, 1.165) is 18.5 Å². The van der Waals surface area contributed by atoms with Crippen LogP contribution in [0.1, 0.15) is 19.3 Å². The molecule has 7 heteroatoms. The van der Waals surface area contributed by atoms with Gasteiger partial charge in [-0.3, -0.25) is 9.59 Å². The molecule has 146 valence electrons. The lowest BCUT2D eigenvalue weighted by Crippen LogP contribution is -2.50. The second kappa shape index (κ2) is 7.86. The number of methoxy groups -OCH3 is 1. The summed E-state index contributed by atoms with van der Waals surface area (Å²) in [6.45, 7) is 2.52. The Morgan fingerprint density at radius 2 is 2.04 bits per heavy atom. The summed E-state index contributed by atoms with van der Waals surface area (Å²) in [5.41, 5.74) is 0.745. The monoisotopic (exact) mass is 374 g/mol. The molecule has 27 heavy (non-hydrogen) atoms. The van der Waals surface area contributed by atoms with E-state index in [-0.39, 0.29) is 23.8 Å². The van der Waals surface area contributed by atoms with Crippen molar-refractivity contribution in [3.8, 4) is 5.75 Å². The molecular formula is C20H26N2O5. The number of ether oxygens (including phenoxy) is 3. The summed E-state index contributed by atoms with van der Waals surface area (Å²) in [6.07, 6.45) is 1.81. The number of nitrogens with zero attached hydrogens (tertiary/aromatic N) is 2. The highest BCUT2D eigenvalue weighted by atomic mass is 16.5. The third kappa shape index (κ3) is 3.53. The number of anilines is 1. The molecule has 3 aliphatic rings. The molecule has 2 atom stereocenters. The molecule has 0 aromatic heterocycles. The number of fused-ring (bicyclic) bond motifs is 3. The van der Waals surface area contributed by atoms with Gasteiger partial charge in [0.05, 0.1) is 18.8 Å². The smallest absolute Gasteiger partial charge is 0.250 e. The second-order valence-corrected chi connectivity index (χ2v) is 7.32. The summed E-state index contributed by atoms with van der Waals surface area (Å²) in [5.74, 6) is 0.625. The first-order valence-electron chi connectivity index (χ1n) is 9.63. The quantitative estimate of drug-likeness (QED) is 0.798. The normalized spacial score (nSPS) is 25.6. The van der Waals surface area contributed by atoms with E-state index in [1.807, 2.05) is 24.3 Å². The minimum Gasteiger partial charge on any atom is -0.486 e. The van der Waals surface area contributed by atoms with E-state index >= 15 is 0 Å². The molecule has 1 aromatic rings. The molecule has 2 saturated heterocycles. The Bertz CT molecular complexity index is 703. The van der Waals surface area contributed by atoms with Crippen LogP contribution in [0.2, 0.25) is 0 Å². The molecule has 7 nitrogen and oxygen atoms in total. The zero-order chi connectivity index (χ0) is 18.8. The summed E-state index contributed by atoms with van der Waals surface area (Å²) in [5, 5.41) is 0. The van der Waals surface area contributed by atoms with Crippen LogP contribution >= 0.6 is 0 Å². The van der Waals surface area contributed by atoms with E-state index in [2.05, 4.69) is 0 Å². The van der Waals surface area contributed by atoms with Gasteiger partial charge in [0, 0.05) is 39.2 Å². The van der Waals surface area contributed by atoms with Gasteiger partial charge < -0.3 is 24.0 Å². The number of likely N-dealkylation sites (tertiary alicyclic amines) is 1. The van der Waals surface area contributed by atoms with E-state index in [1.54, 1.807) is 16.9 Å². The van der Waals surface area contributed by atoms with Crippen molar-refractivity contribution < 1.29 is 23.8 Å². The fourth-order valence-corrected chi connectivity index (χ4v) is 4.21. The summed E-state index contributed by atoms with van der Waals surface area (Å²) in [7, 11) is 1.61. The van der Waals surface area contributed by atoms with E-state index in [9.17, 15) is 9.59 Å². The lowest BCUT2D eigenvalue weighted by molar-refractivity contribution is -0.143. The third-order valence-electron chi connectivity index (χ3n) is 5.64. The number of benzene rings is 1. The molecule has 3 aliphatic heterocycles. The Hall–Kier alpha value is -2.12. The molecule has 2 unspecified atom stereocenters. The predicted molar refractivity (Wildman–Crippen MR) is 98.7 cm³/mol. The highest BCUT2D eigenvalue weighted by Crippen LogP contribution is 2.37. The van der Waals surface area contributed by atoms with Crippen LogP contribution in [-0.4, -0.2) is 68.9 Å². The van der Waals surface area contributed by atoms with Crippen molar-refractivity contribution in [3.63, 3.8) is 0 Å². The average molecular weight is 374 g/mol. The number of carbonyl (C=O) groups is 2. The number of para-hydroxylation sites is 2. The van der Waals surface area contributed by atoms with Crippen molar-refractivity contribution in [1.29, 1.82) is 0 Å². The second-order valence-electron chi connectivity index (χ2n) is 7.32. The SMILES string of the molecule is COCCN1C(=O)C2CC(CN2C(=O)C2CCOCC2)Oc2ccccc21. The van der Waals surface area contributed by atoms with E-state index in [1.165, 1.54) is 0 Å². The van der Waals surface area contributed by atoms with E-state index in [0.29, 0.717) is 45.1 Å². The highest BCUT2D eigenvalue weighted by Gasteiger charge is 2.46. The van der Waals surface area contributed by atoms with Crippen molar-refractivity contribution in [2.75, 3.05) is 44.9 Å². The van der Waals surface area contributed by atoms with Crippen LogP contribution in [0.4, 0.5) is 5.69 Å². The van der Waals surface area contributed by atoms with E-state index < -0.39 is 6.04 Å². The Morgan fingerprint density at radius 1 is 1.26 bits per heavy atom. The number of hydrogen-bond donors (Lipinski definition) is 0. The Kier molecular flexibility index (Phi) is 5.31. The Balaban J connectivity index is 1.62. The Labute approximate surface area is 159 Å². The fourth-order valence-electron chi connectivity index (χ4n) is 4.21. The lowest BCUT2D eigenvalue weighted by atomic mass is 9.98. The third-order valence-corrected chi connectivity index (χ3v) is 5.64. The van der Waals surface area contributed by atoms with Gasteiger partial charge in [-0.15, -0.1) is 0 Å². The van der Waals surface area contributed by atoms with Crippen molar-refractivity contribution in [2.45, 2.75) is 31.4 Å². The van der Waals surface area contributed by atoms with Gasteiger partial charge in [-0.05, 0) is 25.0 Å². The van der Waals surface area contributed by atoms with Gasteiger partial charge in [-0.2, -0.15) is 0 Å². The molecule has 0 spiro atoms. The van der Waals surface area contributed by atoms with Gasteiger partial charge >= 0.3 is 0 Å². The topological polar surface area (TPSA) is 68.3 Å². The maximum absolute atomic E-state index is 13.4. The zero-order valence-corrected chi connectivity index (χ0v) is 15.6. The maximum atomic E-state index is 13.4. The molecule has 2 bridgehead atoms. The first-order valence-corrected chi connectivity index (χ1v) is 9.63. The van der Waals surface area contributed by atoms with Gasteiger partial charge in [0.1, 0.15) is 17.9 Å². The summed E-state index contributed by atoms with van der Waals surface area (Å²) in [6, 6.07) is 7.08. The van der Waals surface area contributed by atoms with Gasteiger partial charge in [-0.1, -0.05) is 12.1 Å². The van der Waals surface area contributed by atoms with Crippen LogP contribution in [0.25, 0.3) is 0 Å². The molecule has 0 aliphatic carbocycles. The van der Waals surface area contributed by atoms with Crippen LogP contribution in [0.15, 0.2) is 24.3 Å². The Morgan fingerprint density at radius 3 is 2.81 bits per heavy atom. The minimum atomic E-state index is -0.476. The summed E-state index contributed by atoms with van der Waals surface area (Å²) in [4.78, 5) is 30.0. The predicted octanol–water partition coefficient (Wildman–Crippen LogP) is 1.45. The number of amides is 2. The van der Waals surface area contributed by atoms with Crippen LogP contribution in [0, 0.1) is 5.92 Å². The van der Waals surface area contributed by atoms with Crippen molar-refractivity contribution in [1.82, 2.24) is 4.90 Å². The van der Waals surface area contributed by atoms with Crippen LogP contribution in [0.3, 0.4) is 0 Å². The van der Waals surface area contributed by atoms with Crippen LogP contribution < -0.4 is 9.64 Å². The average Bonchev–Trinajstić information content (AvgIpc) is 3.13. The number of rotatable bonds is 4. The maximum Gasteiger partial charge on any atom is 0.250 e. The fraction of sp³-hybridized carbons (Fsp3) is 0.600. The molecule has 4 rings (SSSR count). The van der Waals surface area contributed by atoms with Crippen LogP contribution in [0.5, 0.6) is 5.75 Å². The van der Waals surface area contributed by atoms with Crippen LogP contribution in [-0.2, 0) is 19.1 Å². The summed E-state index contributed by atoms with van der Waals surface area (Å²) >= 11 is 0. The molecule has 1 aromatic carbocycles. The molecule has 2 amide bonds. The lowest BCUT2D eigenvalue weighted by Gasteiger charge is -2.33. The van der Waals surface area contributed by atoms with Gasteiger partial charge in [0.15, 0.2) is 0 Å². The van der Waals surface area contributed by atoms with Crippen molar-refractivity contribution in [3.05, 3.63) is 24.3 Å². The summed E-state index contributed by atoms with van der Waals surface area (Å²) < 4.78 is 16.8. The molecular weight excluding hydrogens is 348 g/mol. The largest absolute Gasteiger partial charge is 0.486 e. The first-order chi connectivity index (χ1) is 13.2. The molecule has 0 radical (unpaired) electrons. The highest BCUT2D eigenvalue weighted by molar-refractivity contribution is 6.01. The molecule has 2 fully saturated rings. The first kappa shape index (κ1) is 18.3. The standard InChI is InChI=1S/C20H26N2O5/c1-25-11-8-21-16-4-2-3-5-18(16)27-15-12-17(20(21)24)22(13-15)19(23)14-6-9-26-10-7-14/h2-5,14-15,17H,6-13H2,1H3. The molecule has 3 heterocycles. The van der Waals surface area contributed by atoms with Crippen molar-refractivity contribution >= 4 is 17.5 Å². The van der Waals surface area contributed by atoms with Gasteiger partial charge in [-0.25, -0.2) is 0 Å². The minimum absolute atomic E-state index is 0.0503. The van der Waals surface area contributed by atoms with E-state index in [4.69, 9.17) is 14.2 Å².